The molecular weight excluding hydrogens is 367 g/mol. The lowest BCUT2D eigenvalue weighted by molar-refractivity contribution is 0.0997. The van der Waals surface area contributed by atoms with Crippen LogP contribution in [0.25, 0.3) is 22.6 Å². The summed E-state index contributed by atoms with van der Waals surface area (Å²) in [5.74, 6) is -1.11. The average Bonchev–Trinajstić information content (AvgIpc) is 3.32. The van der Waals surface area contributed by atoms with Crippen LogP contribution in [0.3, 0.4) is 0 Å². The molecule has 0 bridgehead atoms. The number of amides is 1. The number of halogens is 1. The summed E-state index contributed by atoms with van der Waals surface area (Å²) in [6.45, 7) is 1.94. The number of carbonyl (C=O) groups excluding carboxylic acids is 1. The van der Waals surface area contributed by atoms with Gasteiger partial charge in [0.05, 0.1) is 5.69 Å². The van der Waals surface area contributed by atoms with Crippen molar-refractivity contribution in [1.29, 1.82) is 0 Å². The molecule has 6 nitrogen and oxygen atoms in total. The summed E-state index contributed by atoms with van der Waals surface area (Å²) < 4.78 is 19.2. The SMILES string of the molecule is Cc1cccnc1-c1csc(NC(=O)c2ocnc2-c2ccccc2F)n1. The monoisotopic (exact) mass is 380 g/mol. The van der Waals surface area contributed by atoms with Gasteiger partial charge in [-0.1, -0.05) is 18.2 Å². The topological polar surface area (TPSA) is 80.9 Å². The lowest BCUT2D eigenvalue weighted by Gasteiger charge is -2.03. The highest BCUT2D eigenvalue weighted by Gasteiger charge is 2.22. The van der Waals surface area contributed by atoms with Crippen molar-refractivity contribution in [3.8, 4) is 22.6 Å². The third kappa shape index (κ3) is 3.34. The number of carbonyl (C=O) groups is 1. The Bertz CT molecular complexity index is 1120. The van der Waals surface area contributed by atoms with Crippen LogP contribution in [0.15, 0.2) is 58.8 Å². The van der Waals surface area contributed by atoms with Crippen molar-refractivity contribution in [2.24, 2.45) is 0 Å². The molecule has 4 rings (SSSR count). The van der Waals surface area contributed by atoms with Gasteiger partial charge in [-0.25, -0.2) is 14.4 Å². The summed E-state index contributed by atoms with van der Waals surface area (Å²) >= 11 is 1.26. The molecule has 0 spiro atoms. The first-order chi connectivity index (χ1) is 13.1. The molecule has 0 radical (unpaired) electrons. The second-order valence-electron chi connectivity index (χ2n) is 5.67. The van der Waals surface area contributed by atoms with Crippen LogP contribution in [0.2, 0.25) is 0 Å². The molecule has 134 valence electrons. The number of aromatic nitrogens is 3. The van der Waals surface area contributed by atoms with E-state index in [0.717, 1.165) is 17.7 Å². The summed E-state index contributed by atoms with van der Waals surface area (Å²) in [4.78, 5) is 25.3. The third-order valence-corrected chi connectivity index (χ3v) is 4.64. The minimum absolute atomic E-state index is 0.0779. The minimum atomic E-state index is -0.551. The van der Waals surface area contributed by atoms with Gasteiger partial charge in [-0.15, -0.1) is 11.3 Å². The van der Waals surface area contributed by atoms with Crippen LogP contribution in [0.1, 0.15) is 16.1 Å². The highest BCUT2D eigenvalue weighted by atomic mass is 32.1. The van der Waals surface area contributed by atoms with Gasteiger partial charge < -0.3 is 4.42 Å². The van der Waals surface area contributed by atoms with Gasteiger partial charge in [-0.2, -0.15) is 0 Å². The zero-order chi connectivity index (χ0) is 18.8. The van der Waals surface area contributed by atoms with E-state index < -0.39 is 11.7 Å². The summed E-state index contributed by atoms with van der Waals surface area (Å²) in [6, 6.07) is 9.85. The van der Waals surface area contributed by atoms with Gasteiger partial charge >= 0.3 is 0 Å². The van der Waals surface area contributed by atoms with E-state index in [4.69, 9.17) is 4.42 Å². The number of nitrogens with zero attached hydrogens (tertiary/aromatic N) is 3. The molecule has 0 unspecified atom stereocenters. The van der Waals surface area contributed by atoms with Crippen molar-refractivity contribution in [1.82, 2.24) is 15.0 Å². The zero-order valence-electron chi connectivity index (χ0n) is 14.1. The quantitative estimate of drug-likeness (QED) is 0.561. The lowest BCUT2D eigenvalue weighted by Crippen LogP contribution is -2.12. The Hall–Kier alpha value is -3.39. The number of rotatable bonds is 4. The Kier molecular flexibility index (Phi) is 4.47. The molecular formula is C19H13FN4O2S. The van der Waals surface area contributed by atoms with Crippen LogP contribution >= 0.6 is 11.3 Å². The highest BCUT2D eigenvalue weighted by molar-refractivity contribution is 7.14. The van der Waals surface area contributed by atoms with Crippen molar-refractivity contribution >= 4 is 22.4 Å². The van der Waals surface area contributed by atoms with Crippen molar-refractivity contribution in [3.05, 3.63) is 71.5 Å². The lowest BCUT2D eigenvalue weighted by atomic mass is 10.1. The maximum absolute atomic E-state index is 14.0. The van der Waals surface area contributed by atoms with E-state index in [1.54, 1.807) is 18.3 Å². The fraction of sp³-hybridized carbons (Fsp3) is 0.0526. The molecule has 0 fully saturated rings. The molecule has 1 N–H and O–H groups in total. The molecule has 8 heteroatoms. The molecule has 0 saturated heterocycles. The molecule has 3 aromatic heterocycles. The normalized spacial score (nSPS) is 10.7. The highest BCUT2D eigenvalue weighted by Crippen LogP contribution is 2.28. The van der Waals surface area contributed by atoms with Gasteiger partial charge in [-0.05, 0) is 30.7 Å². The molecule has 0 aliphatic rings. The second kappa shape index (κ2) is 7.08. The number of hydrogen-bond donors (Lipinski definition) is 1. The van der Waals surface area contributed by atoms with E-state index in [-0.39, 0.29) is 17.0 Å². The number of aryl methyl sites for hydroxylation is 1. The van der Waals surface area contributed by atoms with Crippen molar-refractivity contribution in [2.45, 2.75) is 6.92 Å². The number of anilines is 1. The number of pyridine rings is 1. The second-order valence-corrected chi connectivity index (χ2v) is 6.53. The molecule has 0 atom stereocenters. The Balaban J connectivity index is 1.59. The molecule has 0 saturated carbocycles. The summed E-state index contributed by atoms with van der Waals surface area (Å²) in [5, 5.41) is 4.86. The fourth-order valence-corrected chi connectivity index (χ4v) is 3.29. The van der Waals surface area contributed by atoms with Crippen LogP contribution in [-0.4, -0.2) is 20.9 Å². The predicted molar refractivity (Wildman–Crippen MR) is 99.9 cm³/mol. The predicted octanol–water partition coefficient (Wildman–Crippen LogP) is 4.56. The molecule has 27 heavy (non-hydrogen) atoms. The maximum atomic E-state index is 14.0. The Morgan fingerprint density at radius 1 is 1.15 bits per heavy atom. The Morgan fingerprint density at radius 3 is 2.81 bits per heavy atom. The minimum Gasteiger partial charge on any atom is -0.438 e. The van der Waals surface area contributed by atoms with E-state index in [1.807, 2.05) is 24.4 Å². The van der Waals surface area contributed by atoms with Crippen LogP contribution < -0.4 is 5.32 Å². The fourth-order valence-electron chi connectivity index (χ4n) is 2.60. The smallest absolute Gasteiger partial charge is 0.295 e. The van der Waals surface area contributed by atoms with Gasteiger partial charge in [0, 0.05) is 17.1 Å². The van der Waals surface area contributed by atoms with Gasteiger partial charge in [0.15, 0.2) is 11.5 Å². The number of oxazole rings is 1. The molecule has 1 aromatic carbocycles. The van der Waals surface area contributed by atoms with Crippen molar-refractivity contribution < 1.29 is 13.6 Å². The zero-order valence-corrected chi connectivity index (χ0v) is 15.0. The van der Waals surface area contributed by atoms with Crippen LogP contribution in [-0.2, 0) is 0 Å². The average molecular weight is 380 g/mol. The third-order valence-electron chi connectivity index (χ3n) is 3.88. The van der Waals surface area contributed by atoms with E-state index in [1.165, 1.54) is 23.5 Å². The number of hydrogen-bond acceptors (Lipinski definition) is 6. The molecule has 0 aliphatic heterocycles. The first-order valence-corrected chi connectivity index (χ1v) is 8.88. The standard InChI is InChI=1S/C19H13FN4O2S/c1-11-5-4-8-21-15(11)14-9-27-19(23-14)24-18(25)17-16(22-10-26-17)12-6-2-3-7-13(12)20/h2-10H,1H3,(H,23,24,25). The largest absolute Gasteiger partial charge is 0.438 e. The van der Waals surface area contributed by atoms with E-state index >= 15 is 0 Å². The number of nitrogens with one attached hydrogen (secondary N) is 1. The van der Waals surface area contributed by atoms with E-state index in [0.29, 0.717) is 10.8 Å². The Morgan fingerprint density at radius 2 is 2.00 bits per heavy atom. The van der Waals surface area contributed by atoms with Gasteiger partial charge in [0.1, 0.15) is 17.2 Å². The van der Waals surface area contributed by atoms with Crippen molar-refractivity contribution in [2.75, 3.05) is 5.32 Å². The van der Waals surface area contributed by atoms with E-state index in [2.05, 4.69) is 20.3 Å². The van der Waals surface area contributed by atoms with Crippen LogP contribution in [0, 0.1) is 12.7 Å². The van der Waals surface area contributed by atoms with Gasteiger partial charge in [0.25, 0.3) is 5.91 Å². The first-order valence-electron chi connectivity index (χ1n) is 8.00. The molecule has 3 heterocycles. The summed E-state index contributed by atoms with van der Waals surface area (Å²) in [7, 11) is 0. The van der Waals surface area contributed by atoms with Gasteiger partial charge in [0.2, 0.25) is 5.76 Å². The van der Waals surface area contributed by atoms with Crippen molar-refractivity contribution in [3.63, 3.8) is 0 Å². The van der Waals surface area contributed by atoms with E-state index in [9.17, 15) is 9.18 Å². The molecule has 0 aliphatic carbocycles. The first kappa shape index (κ1) is 17.0. The maximum Gasteiger partial charge on any atom is 0.295 e. The number of benzene rings is 1. The molecule has 1 amide bonds. The number of thiazole rings is 1. The van der Waals surface area contributed by atoms with Crippen LogP contribution in [0.4, 0.5) is 9.52 Å². The Labute approximate surface area is 157 Å². The molecule has 4 aromatic rings. The summed E-state index contributed by atoms with van der Waals surface area (Å²) in [6.07, 6.45) is 2.80. The van der Waals surface area contributed by atoms with Gasteiger partial charge in [-0.3, -0.25) is 15.1 Å². The van der Waals surface area contributed by atoms with Crippen LogP contribution in [0.5, 0.6) is 0 Å². The summed E-state index contributed by atoms with van der Waals surface area (Å²) in [5.41, 5.74) is 2.74.